The van der Waals surface area contributed by atoms with Crippen molar-refractivity contribution < 1.29 is 26.4 Å². The van der Waals surface area contributed by atoms with Gasteiger partial charge in [-0.25, -0.2) is 16.8 Å². The van der Waals surface area contributed by atoms with Crippen LogP contribution in [-0.2, 0) is 24.8 Å². The molecule has 3 aromatic rings. The van der Waals surface area contributed by atoms with E-state index in [1.807, 2.05) is 0 Å². The summed E-state index contributed by atoms with van der Waals surface area (Å²) in [7, 11) is -7.73. The van der Waals surface area contributed by atoms with Crippen LogP contribution in [0.4, 0.5) is 11.4 Å². The Labute approximate surface area is 219 Å². The van der Waals surface area contributed by atoms with Crippen LogP contribution in [0.1, 0.15) is 10.4 Å². The van der Waals surface area contributed by atoms with Crippen molar-refractivity contribution in [1.82, 2.24) is 4.31 Å². The number of rotatable bonds is 7. The van der Waals surface area contributed by atoms with E-state index in [2.05, 4.69) is 10.0 Å². The number of halogens is 2. The Kier molecular flexibility index (Phi) is 7.88. The van der Waals surface area contributed by atoms with Crippen molar-refractivity contribution in [3.05, 3.63) is 82.3 Å². The quantitative estimate of drug-likeness (QED) is 0.442. The molecule has 36 heavy (non-hydrogen) atoms. The van der Waals surface area contributed by atoms with Crippen molar-refractivity contribution in [2.24, 2.45) is 0 Å². The summed E-state index contributed by atoms with van der Waals surface area (Å²) in [6, 6.07) is 15.5. The fraction of sp³-hybridized carbons (Fsp3) is 0.174. The number of hydrogen-bond acceptors (Lipinski definition) is 6. The lowest BCUT2D eigenvalue weighted by atomic mass is 10.1. The van der Waals surface area contributed by atoms with Crippen LogP contribution < -0.4 is 10.0 Å². The molecule has 13 heteroatoms. The topological polar surface area (TPSA) is 122 Å². The second kappa shape index (κ2) is 10.8. The van der Waals surface area contributed by atoms with Crippen LogP contribution in [0.2, 0.25) is 10.0 Å². The lowest BCUT2D eigenvalue weighted by molar-refractivity contribution is 0.0730. The number of morpholine rings is 1. The Balaban J connectivity index is 1.54. The highest BCUT2D eigenvalue weighted by atomic mass is 35.5. The number of ether oxygens (including phenoxy) is 1. The SMILES string of the molecule is O=C(Nc1ccc(S(=O)(=O)N2CCOCC2)cc1)c1cc(Cl)ccc1NS(=O)(=O)c1cccc(Cl)c1. The molecule has 0 atom stereocenters. The summed E-state index contributed by atoms with van der Waals surface area (Å²) in [6.45, 7) is 1.19. The van der Waals surface area contributed by atoms with Gasteiger partial charge in [0, 0.05) is 28.8 Å². The summed E-state index contributed by atoms with van der Waals surface area (Å²) >= 11 is 12.0. The van der Waals surface area contributed by atoms with Gasteiger partial charge in [-0.1, -0.05) is 29.3 Å². The summed E-state index contributed by atoms with van der Waals surface area (Å²) in [4.78, 5) is 13.0. The van der Waals surface area contributed by atoms with Crippen LogP contribution in [0, 0.1) is 0 Å². The Hall–Kier alpha value is -2.67. The monoisotopic (exact) mass is 569 g/mol. The standard InChI is InChI=1S/C23H21Cl2N3O6S2/c24-16-2-1-3-20(14-16)35(30,31)27-22-9-4-17(25)15-21(22)23(29)26-18-5-7-19(8-6-18)36(32,33)28-10-12-34-13-11-28/h1-9,14-15,27H,10-13H2,(H,26,29). The van der Waals surface area contributed by atoms with E-state index >= 15 is 0 Å². The van der Waals surface area contributed by atoms with Crippen molar-refractivity contribution in [3.8, 4) is 0 Å². The second-order valence-corrected chi connectivity index (χ2v) is 12.2. The average Bonchev–Trinajstić information content (AvgIpc) is 2.86. The fourth-order valence-electron chi connectivity index (χ4n) is 3.48. The minimum absolute atomic E-state index is 0.00314. The minimum Gasteiger partial charge on any atom is -0.379 e. The first kappa shape index (κ1) is 26.4. The van der Waals surface area contributed by atoms with E-state index in [0.29, 0.717) is 18.9 Å². The van der Waals surface area contributed by atoms with Gasteiger partial charge in [0.05, 0.1) is 34.3 Å². The number of sulfonamides is 2. The molecule has 9 nitrogen and oxygen atoms in total. The van der Waals surface area contributed by atoms with Gasteiger partial charge in [0.2, 0.25) is 10.0 Å². The van der Waals surface area contributed by atoms with Crippen LogP contribution in [-0.4, -0.2) is 53.4 Å². The van der Waals surface area contributed by atoms with Crippen molar-refractivity contribution in [2.75, 3.05) is 36.3 Å². The second-order valence-electron chi connectivity index (χ2n) is 7.75. The van der Waals surface area contributed by atoms with Gasteiger partial charge >= 0.3 is 0 Å². The largest absolute Gasteiger partial charge is 0.379 e. The molecule has 1 fully saturated rings. The van der Waals surface area contributed by atoms with Crippen molar-refractivity contribution in [2.45, 2.75) is 9.79 Å². The summed E-state index contributed by atoms with van der Waals surface area (Å²) in [5, 5.41) is 3.10. The molecule has 1 amide bonds. The van der Waals surface area contributed by atoms with E-state index in [9.17, 15) is 21.6 Å². The van der Waals surface area contributed by atoms with Gasteiger partial charge < -0.3 is 10.1 Å². The zero-order chi connectivity index (χ0) is 25.9. The molecule has 3 aromatic carbocycles. The predicted molar refractivity (Wildman–Crippen MR) is 138 cm³/mol. The lowest BCUT2D eigenvalue weighted by Gasteiger charge is -2.26. The molecule has 2 N–H and O–H groups in total. The normalized spacial score (nSPS) is 14.8. The molecule has 190 valence electrons. The molecule has 0 radical (unpaired) electrons. The summed E-state index contributed by atoms with van der Waals surface area (Å²) in [5.74, 6) is -0.648. The van der Waals surface area contributed by atoms with Crippen molar-refractivity contribution >= 4 is 60.5 Å². The van der Waals surface area contributed by atoms with Gasteiger partial charge in [0.15, 0.2) is 0 Å². The number of hydrogen-bond donors (Lipinski definition) is 2. The highest BCUT2D eigenvalue weighted by Gasteiger charge is 2.26. The minimum atomic E-state index is -4.05. The molecule has 0 unspecified atom stereocenters. The molecular weight excluding hydrogens is 549 g/mol. The van der Waals surface area contributed by atoms with Crippen molar-refractivity contribution in [1.29, 1.82) is 0 Å². The van der Waals surface area contributed by atoms with E-state index in [0.717, 1.165) is 0 Å². The van der Waals surface area contributed by atoms with Crippen LogP contribution in [0.5, 0.6) is 0 Å². The molecule has 0 aromatic heterocycles. The van der Waals surface area contributed by atoms with Gasteiger partial charge in [-0.15, -0.1) is 0 Å². The van der Waals surface area contributed by atoms with Crippen LogP contribution in [0.3, 0.4) is 0 Å². The Bertz CT molecular complexity index is 1490. The number of carbonyl (C=O) groups is 1. The number of amides is 1. The fourth-order valence-corrected chi connectivity index (χ4v) is 6.44. The van der Waals surface area contributed by atoms with E-state index in [1.54, 1.807) is 6.07 Å². The molecule has 4 rings (SSSR count). The van der Waals surface area contributed by atoms with Gasteiger partial charge in [-0.3, -0.25) is 9.52 Å². The van der Waals surface area contributed by atoms with Gasteiger partial charge in [-0.2, -0.15) is 4.31 Å². The molecule has 0 bridgehead atoms. The molecule has 1 heterocycles. The molecule has 0 aliphatic carbocycles. The maximum Gasteiger partial charge on any atom is 0.261 e. The molecular formula is C23H21Cl2N3O6S2. The molecule has 0 saturated carbocycles. The Morgan fingerprint density at radius 1 is 0.833 bits per heavy atom. The Morgan fingerprint density at radius 3 is 2.17 bits per heavy atom. The first-order valence-corrected chi connectivity index (χ1v) is 14.3. The number of anilines is 2. The molecule has 1 aliphatic heterocycles. The van der Waals surface area contributed by atoms with Gasteiger partial charge in [0.1, 0.15) is 0 Å². The van der Waals surface area contributed by atoms with E-state index in [1.165, 1.54) is 65.0 Å². The van der Waals surface area contributed by atoms with Crippen LogP contribution in [0.15, 0.2) is 76.5 Å². The highest BCUT2D eigenvalue weighted by Crippen LogP contribution is 2.26. The molecule has 1 aliphatic rings. The van der Waals surface area contributed by atoms with Crippen LogP contribution >= 0.6 is 23.2 Å². The Morgan fingerprint density at radius 2 is 1.50 bits per heavy atom. The first-order chi connectivity index (χ1) is 17.1. The maximum absolute atomic E-state index is 13.0. The van der Waals surface area contributed by atoms with Gasteiger partial charge in [0.25, 0.3) is 15.9 Å². The smallest absolute Gasteiger partial charge is 0.261 e. The number of nitrogens with one attached hydrogen (secondary N) is 2. The van der Waals surface area contributed by atoms with Crippen molar-refractivity contribution in [3.63, 3.8) is 0 Å². The average molecular weight is 570 g/mol. The lowest BCUT2D eigenvalue weighted by Crippen LogP contribution is -2.40. The number of carbonyl (C=O) groups excluding carboxylic acids is 1. The summed E-state index contributed by atoms with van der Waals surface area (Å²) in [5.41, 5.74) is 0.283. The highest BCUT2D eigenvalue weighted by molar-refractivity contribution is 7.92. The third kappa shape index (κ3) is 6.00. The summed E-state index contributed by atoms with van der Waals surface area (Å²) in [6.07, 6.45) is 0. The molecule has 0 spiro atoms. The maximum atomic E-state index is 13.0. The zero-order valence-electron chi connectivity index (χ0n) is 18.6. The molecule has 1 saturated heterocycles. The number of benzene rings is 3. The zero-order valence-corrected chi connectivity index (χ0v) is 21.8. The predicted octanol–water partition coefficient (Wildman–Crippen LogP) is 4.07. The van der Waals surface area contributed by atoms with Gasteiger partial charge in [-0.05, 0) is 60.7 Å². The third-order valence-electron chi connectivity index (χ3n) is 5.30. The number of nitrogens with zero attached hydrogens (tertiary/aromatic N) is 1. The van der Waals surface area contributed by atoms with Crippen LogP contribution in [0.25, 0.3) is 0 Å². The third-order valence-corrected chi connectivity index (χ3v) is 9.04. The van der Waals surface area contributed by atoms with E-state index in [4.69, 9.17) is 27.9 Å². The first-order valence-electron chi connectivity index (χ1n) is 10.6. The van der Waals surface area contributed by atoms with E-state index < -0.39 is 26.0 Å². The van der Waals surface area contributed by atoms with E-state index in [-0.39, 0.29) is 44.2 Å². The summed E-state index contributed by atoms with van der Waals surface area (Å²) < 4.78 is 60.2.